The molecule has 2 N–H and O–H groups in total. The van der Waals surface area contributed by atoms with E-state index < -0.39 is 5.54 Å². The fourth-order valence-electron chi connectivity index (χ4n) is 2.28. The molecule has 1 aromatic heterocycles. The number of carbonyl (C=O) groups excluding carboxylic acids is 2. The van der Waals surface area contributed by atoms with Crippen molar-refractivity contribution >= 4 is 33.4 Å². The molecule has 0 saturated carbocycles. The van der Waals surface area contributed by atoms with Crippen LogP contribution in [0.25, 0.3) is 0 Å². The van der Waals surface area contributed by atoms with Crippen LogP contribution in [0.1, 0.15) is 24.2 Å². The zero-order valence-corrected chi connectivity index (χ0v) is 17.3. The summed E-state index contributed by atoms with van der Waals surface area (Å²) in [5, 5.41) is 9.77. The second-order valence-corrected chi connectivity index (χ2v) is 7.14. The van der Waals surface area contributed by atoms with Gasteiger partial charge in [-0.1, -0.05) is 0 Å². The number of anilines is 1. The van der Waals surface area contributed by atoms with E-state index in [1.807, 2.05) is 0 Å². The predicted molar refractivity (Wildman–Crippen MR) is 105 cm³/mol. The van der Waals surface area contributed by atoms with E-state index in [0.717, 1.165) is 0 Å². The lowest BCUT2D eigenvalue weighted by atomic mass is 10.1. The van der Waals surface area contributed by atoms with E-state index in [1.165, 1.54) is 18.0 Å². The summed E-state index contributed by atoms with van der Waals surface area (Å²) >= 11 is 3.36. The Morgan fingerprint density at radius 1 is 1.30 bits per heavy atom. The summed E-state index contributed by atoms with van der Waals surface area (Å²) in [5.41, 5.74) is -0.0149. The lowest BCUT2D eigenvalue weighted by molar-refractivity contribution is -0.129. The molecule has 0 aliphatic carbocycles. The number of methoxy groups -OCH3 is 2. The summed E-state index contributed by atoms with van der Waals surface area (Å²) in [6.45, 7) is 4.32. The summed E-state index contributed by atoms with van der Waals surface area (Å²) < 4.78 is 12.2. The number of rotatable bonds is 8. The molecular weight excluding hydrogens is 416 g/mol. The Morgan fingerprint density at radius 2 is 2.04 bits per heavy atom. The van der Waals surface area contributed by atoms with Gasteiger partial charge in [-0.2, -0.15) is 5.10 Å². The van der Waals surface area contributed by atoms with E-state index in [0.29, 0.717) is 34.6 Å². The topological polar surface area (TPSA) is 94.5 Å². The lowest BCUT2D eigenvalue weighted by Gasteiger charge is -2.24. The second kappa shape index (κ2) is 9.01. The first kappa shape index (κ1) is 20.9. The first-order chi connectivity index (χ1) is 12.8. The van der Waals surface area contributed by atoms with Gasteiger partial charge in [0.25, 0.3) is 5.91 Å². The van der Waals surface area contributed by atoms with Gasteiger partial charge < -0.3 is 20.1 Å². The van der Waals surface area contributed by atoms with Crippen LogP contribution in [0.5, 0.6) is 5.75 Å². The average molecular weight is 439 g/mol. The average Bonchev–Trinajstić information content (AvgIpc) is 3.11. The first-order valence-electron chi connectivity index (χ1n) is 8.27. The quantitative estimate of drug-likeness (QED) is 0.617. The maximum atomic E-state index is 12.5. The van der Waals surface area contributed by atoms with E-state index in [4.69, 9.17) is 9.47 Å². The fourth-order valence-corrected chi connectivity index (χ4v) is 2.71. The van der Waals surface area contributed by atoms with Crippen LogP contribution in [0, 0.1) is 0 Å². The summed E-state index contributed by atoms with van der Waals surface area (Å²) in [4.78, 5) is 24.9. The molecule has 9 heteroatoms. The van der Waals surface area contributed by atoms with Crippen molar-refractivity contribution in [3.05, 3.63) is 40.6 Å². The maximum absolute atomic E-state index is 12.5. The van der Waals surface area contributed by atoms with E-state index in [1.54, 1.807) is 45.4 Å². The van der Waals surface area contributed by atoms with E-state index >= 15 is 0 Å². The van der Waals surface area contributed by atoms with E-state index in [2.05, 4.69) is 31.7 Å². The highest BCUT2D eigenvalue weighted by atomic mass is 79.9. The zero-order valence-electron chi connectivity index (χ0n) is 15.7. The highest BCUT2D eigenvalue weighted by molar-refractivity contribution is 9.10. The number of hydrogen-bond donors (Lipinski definition) is 2. The van der Waals surface area contributed by atoms with Gasteiger partial charge in [0.05, 0.1) is 31.2 Å². The number of hydrogen-bond acceptors (Lipinski definition) is 5. The van der Waals surface area contributed by atoms with Gasteiger partial charge in [0.1, 0.15) is 11.3 Å². The molecule has 146 valence electrons. The van der Waals surface area contributed by atoms with Crippen LogP contribution in [0.15, 0.2) is 35.1 Å². The number of benzene rings is 1. The van der Waals surface area contributed by atoms with Gasteiger partial charge in [-0.3, -0.25) is 14.3 Å². The minimum absolute atomic E-state index is 0.198. The molecule has 27 heavy (non-hydrogen) atoms. The van der Waals surface area contributed by atoms with Gasteiger partial charge in [0.15, 0.2) is 0 Å². The van der Waals surface area contributed by atoms with Crippen molar-refractivity contribution in [3.63, 3.8) is 0 Å². The van der Waals surface area contributed by atoms with Crippen LogP contribution in [0.4, 0.5) is 5.69 Å². The number of nitrogens with one attached hydrogen (secondary N) is 2. The van der Waals surface area contributed by atoms with Crippen molar-refractivity contribution in [3.8, 4) is 5.75 Å². The van der Waals surface area contributed by atoms with Crippen LogP contribution in [-0.4, -0.2) is 49.0 Å². The summed E-state index contributed by atoms with van der Waals surface area (Å²) in [6.07, 6.45) is 3.11. The van der Waals surface area contributed by atoms with Crippen molar-refractivity contribution in [1.29, 1.82) is 0 Å². The van der Waals surface area contributed by atoms with Gasteiger partial charge in [-0.15, -0.1) is 0 Å². The van der Waals surface area contributed by atoms with Crippen LogP contribution in [0.2, 0.25) is 0 Å². The van der Waals surface area contributed by atoms with E-state index in [9.17, 15) is 9.59 Å². The predicted octanol–water partition coefficient (Wildman–Crippen LogP) is 2.40. The summed E-state index contributed by atoms with van der Waals surface area (Å²) in [5.74, 6) is 0.0617. The smallest absolute Gasteiger partial charge is 0.257 e. The van der Waals surface area contributed by atoms with Crippen molar-refractivity contribution in [2.24, 2.45) is 0 Å². The highest BCUT2D eigenvalue weighted by Crippen LogP contribution is 2.24. The normalized spacial score (nSPS) is 11.1. The van der Waals surface area contributed by atoms with Crippen molar-refractivity contribution in [1.82, 2.24) is 15.1 Å². The molecule has 0 fully saturated rings. The molecule has 0 aliphatic heterocycles. The number of amides is 2. The maximum Gasteiger partial charge on any atom is 0.257 e. The van der Waals surface area contributed by atoms with Gasteiger partial charge in [-0.25, -0.2) is 0 Å². The molecule has 0 atom stereocenters. The zero-order chi connectivity index (χ0) is 20.0. The molecule has 2 aromatic rings. The highest BCUT2D eigenvalue weighted by Gasteiger charge is 2.30. The molecule has 0 unspecified atom stereocenters. The Hall–Kier alpha value is -2.39. The molecule has 0 spiro atoms. The lowest BCUT2D eigenvalue weighted by Crippen LogP contribution is -2.45. The van der Waals surface area contributed by atoms with Crippen molar-refractivity contribution in [2.45, 2.75) is 19.4 Å². The monoisotopic (exact) mass is 438 g/mol. The minimum atomic E-state index is -0.923. The largest absolute Gasteiger partial charge is 0.497 e. The van der Waals surface area contributed by atoms with Gasteiger partial charge >= 0.3 is 0 Å². The summed E-state index contributed by atoms with van der Waals surface area (Å²) in [6, 6.07) is 5.13. The Morgan fingerprint density at radius 3 is 2.70 bits per heavy atom. The third kappa shape index (κ3) is 5.08. The molecule has 1 aromatic carbocycles. The van der Waals surface area contributed by atoms with Crippen molar-refractivity contribution < 1.29 is 19.1 Å². The van der Waals surface area contributed by atoms with E-state index in [-0.39, 0.29) is 11.8 Å². The number of aromatic nitrogens is 2. The number of halogens is 1. The van der Waals surface area contributed by atoms with Gasteiger partial charge in [0, 0.05) is 24.3 Å². The molecule has 2 rings (SSSR count). The molecule has 0 saturated heterocycles. The third-order valence-corrected chi connectivity index (χ3v) is 4.67. The van der Waals surface area contributed by atoms with Gasteiger partial charge in [0.2, 0.25) is 5.91 Å². The molecule has 1 heterocycles. The Labute approximate surface area is 166 Å². The molecule has 0 radical (unpaired) electrons. The molecular formula is C18H23BrN4O4. The first-order valence-corrected chi connectivity index (χ1v) is 9.06. The standard InChI is InChI=1S/C18H23BrN4O4/c1-18(2,17(25)20-7-8-26-3)23-11-12(10-21-23)22-16(24)14-9-13(27-4)5-6-15(14)19/h5-6,9-11H,7-8H2,1-4H3,(H,20,25)(H,22,24). The molecule has 0 aliphatic rings. The SMILES string of the molecule is COCCNC(=O)C(C)(C)n1cc(NC(=O)c2cc(OC)ccc2Br)cn1. The molecule has 0 bridgehead atoms. The Bertz CT molecular complexity index is 819. The van der Waals surface area contributed by atoms with Crippen LogP contribution in [-0.2, 0) is 15.1 Å². The van der Waals surface area contributed by atoms with Crippen LogP contribution in [0.3, 0.4) is 0 Å². The Balaban J connectivity index is 2.11. The third-order valence-electron chi connectivity index (χ3n) is 3.98. The molecule has 2 amide bonds. The number of nitrogens with zero attached hydrogens (tertiary/aromatic N) is 2. The van der Waals surface area contributed by atoms with Crippen LogP contribution >= 0.6 is 15.9 Å². The molecule has 8 nitrogen and oxygen atoms in total. The summed E-state index contributed by atoms with van der Waals surface area (Å²) in [7, 11) is 3.11. The van der Waals surface area contributed by atoms with Crippen molar-refractivity contribution in [2.75, 3.05) is 32.7 Å². The van der Waals surface area contributed by atoms with Gasteiger partial charge in [-0.05, 0) is 48.0 Å². The minimum Gasteiger partial charge on any atom is -0.497 e. The number of ether oxygens (including phenoxy) is 2. The van der Waals surface area contributed by atoms with Crippen LogP contribution < -0.4 is 15.4 Å². The fraction of sp³-hybridized carbons (Fsp3) is 0.389. The second-order valence-electron chi connectivity index (χ2n) is 6.28. The number of carbonyl (C=O) groups is 2. The Kier molecular flexibility index (Phi) is 6.98.